The van der Waals surface area contributed by atoms with E-state index in [-0.39, 0.29) is 11.8 Å². The third-order valence-corrected chi connectivity index (χ3v) is 4.47. The molecular formula is C20H22N2O. The predicted octanol–water partition coefficient (Wildman–Crippen LogP) is 3.89. The van der Waals surface area contributed by atoms with Crippen LogP contribution in [0.4, 0.5) is 0 Å². The molecule has 23 heavy (non-hydrogen) atoms. The molecule has 118 valence electrons. The van der Waals surface area contributed by atoms with Crippen LogP contribution in [0.25, 0.3) is 0 Å². The first-order valence-corrected chi connectivity index (χ1v) is 8.17. The lowest BCUT2D eigenvalue weighted by atomic mass is 10.1. The molecule has 0 bridgehead atoms. The Morgan fingerprint density at radius 1 is 1.13 bits per heavy atom. The van der Waals surface area contributed by atoms with Crippen LogP contribution in [0.5, 0.6) is 0 Å². The molecule has 2 aromatic carbocycles. The van der Waals surface area contributed by atoms with E-state index in [2.05, 4.69) is 41.7 Å². The molecule has 2 aromatic rings. The highest BCUT2D eigenvalue weighted by Gasteiger charge is 2.43. The van der Waals surface area contributed by atoms with Crippen molar-refractivity contribution in [1.29, 1.82) is 0 Å². The zero-order chi connectivity index (χ0) is 16.2. The number of hydrogen-bond acceptors (Lipinski definition) is 2. The first-order chi connectivity index (χ1) is 11.2. The number of hydrazone groups is 1. The smallest absolute Gasteiger partial charge is 0.243 e. The van der Waals surface area contributed by atoms with Gasteiger partial charge >= 0.3 is 0 Å². The van der Waals surface area contributed by atoms with Gasteiger partial charge in [0.15, 0.2) is 0 Å². The molecule has 3 heteroatoms. The molecule has 0 aromatic heterocycles. The van der Waals surface area contributed by atoms with Gasteiger partial charge in [0.2, 0.25) is 5.91 Å². The third kappa shape index (κ3) is 3.67. The standard InChI is InChI=1S/C20H22N2O/c1-3-15-9-11-16(12-10-15)14(2)21-22-20(23)19-13-18(19)17-7-5-4-6-8-17/h4-12,18-19H,3,13H2,1-2H3,(H,22,23)/b21-14+/t18-,19-/m0/s1. The van der Waals surface area contributed by atoms with Crippen LogP contribution in [-0.2, 0) is 11.2 Å². The van der Waals surface area contributed by atoms with Crippen molar-refractivity contribution in [3.8, 4) is 0 Å². The lowest BCUT2D eigenvalue weighted by Gasteiger charge is -2.04. The van der Waals surface area contributed by atoms with E-state index in [1.54, 1.807) is 0 Å². The fourth-order valence-corrected chi connectivity index (χ4v) is 2.82. The fraction of sp³-hybridized carbons (Fsp3) is 0.300. The molecule has 0 aliphatic heterocycles. The van der Waals surface area contributed by atoms with Gasteiger partial charge in [-0.25, -0.2) is 5.43 Å². The van der Waals surface area contributed by atoms with Crippen molar-refractivity contribution < 1.29 is 4.79 Å². The number of nitrogens with zero attached hydrogens (tertiary/aromatic N) is 1. The van der Waals surface area contributed by atoms with Crippen LogP contribution in [-0.4, -0.2) is 11.6 Å². The van der Waals surface area contributed by atoms with Crippen molar-refractivity contribution in [3.05, 3.63) is 71.3 Å². The quantitative estimate of drug-likeness (QED) is 0.661. The maximum atomic E-state index is 12.2. The third-order valence-electron chi connectivity index (χ3n) is 4.47. The highest BCUT2D eigenvalue weighted by atomic mass is 16.2. The SMILES string of the molecule is CCc1ccc(/C(C)=N/NC(=O)[C@H]2C[C@H]2c2ccccc2)cc1. The molecule has 1 N–H and O–H groups in total. The summed E-state index contributed by atoms with van der Waals surface area (Å²) < 4.78 is 0. The van der Waals surface area contributed by atoms with Crippen LogP contribution in [0, 0.1) is 5.92 Å². The lowest BCUT2D eigenvalue weighted by molar-refractivity contribution is -0.122. The molecule has 2 atom stereocenters. The summed E-state index contributed by atoms with van der Waals surface area (Å²) in [7, 11) is 0. The van der Waals surface area contributed by atoms with Gasteiger partial charge in [-0.2, -0.15) is 5.10 Å². The van der Waals surface area contributed by atoms with Gasteiger partial charge in [0.25, 0.3) is 0 Å². The van der Waals surface area contributed by atoms with E-state index in [0.29, 0.717) is 5.92 Å². The van der Waals surface area contributed by atoms with Crippen LogP contribution in [0.2, 0.25) is 0 Å². The number of benzene rings is 2. The summed E-state index contributed by atoms with van der Waals surface area (Å²) in [6.45, 7) is 4.05. The summed E-state index contributed by atoms with van der Waals surface area (Å²) in [5.74, 6) is 0.412. The van der Waals surface area contributed by atoms with Crippen LogP contribution < -0.4 is 5.43 Å². The van der Waals surface area contributed by atoms with E-state index in [0.717, 1.165) is 24.1 Å². The van der Waals surface area contributed by atoms with Crippen LogP contribution in [0.3, 0.4) is 0 Å². The normalized spacial score (nSPS) is 20.2. The zero-order valence-corrected chi connectivity index (χ0v) is 13.6. The molecule has 1 aliphatic rings. The molecule has 0 unspecified atom stereocenters. The average Bonchev–Trinajstić information content (AvgIpc) is 3.41. The summed E-state index contributed by atoms with van der Waals surface area (Å²) in [5, 5.41) is 4.26. The average molecular weight is 306 g/mol. The summed E-state index contributed by atoms with van der Waals surface area (Å²) in [6, 6.07) is 18.5. The first kappa shape index (κ1) is 15.5. The molecular weight excluding hydrogens is 284 g/mol. The van der Waals surface area contributed by atoms with Crippen LogP contribution in [0.1, 0.15) is 42.9 Å². The highest BCUT2D eigenvalue weighted by molar-refractivity contribution is 5.99. The maximum absolute atomic E-state index is 12.2. The second-order valence-electron chi connectivity index (χ2n) is 6.08. The number of aryl methyl sites for hydroxylation is 1. The van der Waals surface area contributed by atoms with Crippen molar-refractivity contribution in [1.82, 2.24) is 5.43 Å². The van der Waals surface area contributed by atoms with Crippen molar-refractivity contribution in [2.24, 2.45) is 11.0 Å². The van der Waals surface area contributed by atoms with E-state index in [4.69, 9.17) is 0 Å². The summed E-state index contributed by atoms with van der Waals surface area (Å²) in [6.07, 6.45) is 1.94. The van der Waals surface area contributed by atoms with Gasteiger partial charge in [-0.1, -0.05) is 61.5 Å². The second kappa shape index (κ2) is 6.78. The Bertz CT molecular complexity index is 704. The highest BCUT2D eigenvalue weighted by Crippen LogP contribution is 2.47. The Morgan fingerprint density at radius 3 is 2.48 bits per heavy atom. The van der Waals surface area contributed by atoms with Crippen LogP contribution in [0.15, 0.2) is 59.7 Å². The monoisotopic (exact) mass is 306 g/mol. The Labute approximate surface area is 137 Å². The summed E-state index contributed by atoms with van der Waals surface area (Å²) >= 11 is 0. The summed E-state index contributed by atoms with van der Waals surface area (Å²) in [5.41, 5.74) is 7.13. The molecule has 3 nitrogen and oxygen atoms in total. The number of rotatable bonds is 5. The molecule has 0 heterocycles. The Morgan fingerprint density at radius 2 is 1.83 bits per heavy atom. The van der Waals surface area contributed by atoms with Gasteiger partial charge in [0.1, 0.15) is 0 Å². The number of nitrogens with one attached hydrogen (secondary N) is 1. The second-order valence-corrected chi connectivity index (χ2v) is 6.08. The lowest BCUT2D eigenvalue weighted by Crippen LogP contribution is -2.21. The van der Waals surface area contributed by atoms with Gasteiger partial charge < -0.3 is 0 Å². The van der Waals surface area contributed by atoms with Gasteiger partial charge in [-0.15, -0.1) is 0 Å². The van der Waals surface area contributed by atoms with Gasteiger partial charge in [0, 0.05) is 5.92 Å². The van der Waals surface area contributed by atoms with Crippen molar-refractivity contribution in [2.75, 3.05) is 0 Å². The number of carbonyl (C=O) groups excluding carboxylic acids is 1. The first-order valence-electron chi connectivity index (χ1n) is 8.17. The molecule has 0 radical (unpaired) electrons. The van der Waals surface area contributed by atoms with E-state index in [1.165, 1.54) is 11.1 Å². The van der Waals surface area contributed by atoms with E-state index in [1.807, 2.05) is 37.3 Å². The van der Waals surface area contributed by atoms with Gasteiger partial charge in [0.05, 0.1) is 5.71 Å². The molecule has 3 rings (SSSR count). The van der Waals surface area contributed by atoms with E-state index in [9.17, 15) is 4.79 Å². The Balaban J connectivity index is 1.58. The van der Waals surface area contributed by atoms with E-state index >= 15 is 0 Å². The largest absolute Gasteiger partial charge is 0.273 e. The molecule has 1 aliphatic carbocycles. The number of amides is 1. The van der Waals surface area contributed by atoms with Crippen molar-refractivity contribution in [2.45, 2.75) is 32.6 Å². The summed E-state index contributed by atoms with van der Waals surface area (Å²) in [4.78, 5) is 12.2. The van der Waals surface area contributed by atoms with Gasteiger partial charge in [-0.05, 0) is 42.4 Å². The fourth-order valence-electron chi connectivity index (χ4n) is 2.82. The molecule has 1 saturated carbocycles. The zero-order valence-electron chi connectivity index (χ0n) is 13.6. The Hall–Kier alpha value is -2.42. The van der Waals surface area contributed by atoms with Gasteiger partial charge in [-0.3, -0.25) is 4.79 Å². The van der Waals surface area contributed by atoms with E-state index < -0.39 is 0 Å². The van der Waals surface area contributed by atoms with Crippen molar-refractivity contribution in [3.63, 3.8) is 0 Å². The minimum atomic E-state index is 0.0170. The minimum Gasteiger partial charge on any atom is -0.273 e. The molecule has 1 fully saturated rings. The number of hydrogen-bond donors (Lipinski definition) is 1. The predicted molar refractivity (Wildman–Crippen MR) is 93.5 cm³/mol. The minimum absolute atomic E-state index is 0.0170. The molecule has 0 saturated heterocycles. The van der Waals surface area contributed by atoms with Crippen molar-refractivity contribution >= 4 is 11.6 Å². The molecule has 0 spiro atoms. The number of carbonyl (C=O) groups is 1. The maximum Gasteiger partial charge on any atom is 0.243 e. The van der Waals surface area contributed by atoms with Crippen LogP contribution >= 0.6 is 0 Å². The topological polar surface area (TPSA) is 41.5 Å². The Kier molecular flexibility index (Phi) is 4.56. The molecule has 1 amide bonds.